The normalized spacial score (nSPS) is 12.5. The molecule has 0 amide bonds. The van der Waals surface area contributed by atoms with E-state index >= 15 is 0 Å². The number of alkyl halides is 3. The fourth-order valence-electron chi connectivity index (χ4n) is 1.08. The first-order valence-corrected chi connectivity index (χ1v) is 6.22. The zero-order valence-corrected chi connectivity index (χ0v) is 9.69. The lowest BCUT2D eigenvalue weighted by Gasteiger charge is -2.12. The highest BCUT2D eigenvalue weighted by atomic mass is 35.7. The topological polar surface area (TPSA) is 76.5 Å². The van der Waals surface area contributed by atoms with Crippen LogP contribution in [0.1, 0.15) is 5.56 Å². The van der Waals surface area contributed by atoms with E-state index in [0.29, 0.717) is 6.20 Å². The molecule has 96 valence electrons. The predicted octanol–water partition coefficient (Wildman–Crippen LogP) is 1.92. The van der Waals surface area contributed by atoms with Crippen LogP contribution in [0.5, 0.6) is 11.6 Å². The van der Waals surface area contributed by atoms with Crippen LogP contribution in [-0.4, -0.2) is 24.9 Å². The first-order valence-electron chi connectivity index (χ1n) is 3.91. The molecular formula is C7H5ClF3NO4S. The summed E-state index contributed by atoms with van der Waals surface area (Å²) >= 11 is 0. The van der Waals surface area contributed by atoms with Crippen molar-refractivity contribution in [3.05, 3.63) is 11.8 Å². The van der Waals surface area contributed by atoms with E-state index in [0.717, 1.165) is 6.92 Å². The van der Waals surface area contributed by atoms with Gasteiger partial charge >= 0.3 is 6.36 Å². The molecule has 1 rings (SSSR count). The summed E-state index contributed by atoms with van der Waals surface area (Å²) < 4.78 is 61.4. The van der Waals surface area contributed by atoms with Gasteiger partial charge in [0.2, 0.25) is 5.88 Å². The smallest absolute Gasteiger partial charge is 0.505 e. The number of halogens is 4. The van der Waals surface area contributed by atoms with Crippen molar-refractivity contribution in [1.29, 1.82) is 0 Å². The van der Waals surface area contributed by atoms with Gasteiger partial charge < -0.3 is 9.84 Å². The molecule has 0 bridgehead atoms. The first-order chi connectivity index (χ1) is 7.52. The maximum absolute atomic E-state index is 11.9. The fourth-order valence-corrected chi connectivity index (χ4v) is 2.42. The van der Waals surface area contributed by atoms with Crippen molar-refractivity contribution in [2.24, 2.45) is 0 Å². The lowest BCUT2D eigenvalue weighted by atomic mass is 10.3. The number of hydrogen-bond acceptors (Lipinski definition) is 5. The quantitative estimate of drug-likeness (QED) is 0.843. The number of nitrogens with zero attached hydrogens (tertiary/aromatic N) is 1. The van der Waals surface area contributed by atoms with Crippen molar-refractivity contribution in [3.63, 3.8) is 0 Å². The Morgan fingerprint density at radius 3 is 2.41 bits per heavy atom. The zero-order chi connectivity index (χ0) is 13.4. The average molecular weight is 292 g/mol. The molecule has 0 spiro atoms. The monoisotopic (exact) mass is 291 g/mol. The van der Waals surface area contributed by atoms with Crippen LogP contribution >= 0.6 is 10.7 Å². The Morgan fingerprint density at radius 1 is 1.47 bits per heavy atom. The average Bonchev–Trinajstić information content (AvgIpc) is 2.06. The Hall–Kier alpha value is -1.22. The van der Waals surface area contributed by atoms with Gasteiger partial charge in [-0.05, 0) is 6.92 Å². The summed E-state index contributed by atoms with van der Waals surface area (Å²) in [7, 11) is 0.553. The molecule has 0 aliphatic carbocycles. The second-order valence-electron chi connectivity index (χ2n) is 2.89. The third kappa shape index (κ3) is 3.37. The molecule has 1 N–H and O–H groups in total. The molecule has 10 heteroatoms. The molecule has 1 heterocycles. The molecular weight excluding hydrogens is 287 g/mol. The first kappa shape index (κ1) is 13.8. The van der Waals surface area contributed by atoms with Crippen LogP contribution in [-0.2, 0) is 9.05 Å². The van der Waals surface area contributed by atoms with Crippen molar-refractivity contribution in [1.82, 2.24) is 4.98 Å². The van der Waals surface area contributed by atoms with Gasteiger partial charge in [-0.1, -0.05) is 0 Å². The van der Waals surface area contributed by atoms with E-state index in [2.05, 4.69) is 9.72 Å². The molecule has 5 nitrogen and oxygen atoms in total. The molecule has 0 atom stereocenters. The van der Waals surface area contributed by atoms with Gasteiger partial charge in [0.05, 0.1) is 6.20 Å². The summed E-state index contributed by atoms with van der Waals surface area (Å²) in [6.45, 7) is 0.975. The van der Waals surface area contributed by atoms with Crippen LogP contribution in [0.25, 0.3) is 0 Å². The van der Waals surface area contributed by atoms with Crippen molar-refractivity contribution in [3.8, 4) is 11.6 Å². The number of aromatic nitrogens is 1. The molecule has 0 fully saturated rings. The van der Waals surface area contributed by atoms with Crippen molar-refractivity contribution >= 4 is 19.7 Å². The van der Waals surface area contributed by atoms with Crippen LogP contribution in [0.15, 0.2) is 11.1 Å². The summed E-state index contributed by atoms with van der Waals surface area (Å²) in [5.41, 5.74) is -0.530. The molecule has 0 aliphatic rings. The minimum atomic E-state index is -5.03. The van der Waals surface area contributed by atoms with E-state index in [9.17, 15) is 26.7 Å². The second-order valence-corrected chi connectivity index (χ2v) is 5.39. The molecule has 0 aromatic carbocycles. The molecule has 0 saturated heterocycles. The number of rotatable bonds is 2. The summed E-state index contributed by atoms with van der Waals surface area (Å²) in [4.78, 5) is 2.25. The van der Waals surface area contributed by atoms with Crippen LogP contribution in [0.2, 0.25) is 0 Å². The van der Waals surface area contributed by atoms with E-state index < -0.39 is 37.5 Å². The lowest BCUT2D eigenvalue weighted by molar-refractivity contribution is -0.276. The van der Waals surface area contributed by atoms with Crippen LogP contribution in [0.3, 0.4) is 0 Å². The van der Waals surface area contributed by atoms with Crippen LogP contribution < -0.4 is 4.74 Å². The third-order valence-corrected chi connectivity index (χ3v) is 3.12. The highest BCUT2D eigenvalue weighted by molar-refractivity contribution is 8.13. The molecule has 17 heavy (non-hydrogen) atoms. The minimum absolute atomic E-state index is 0.503. The van der Waals surface area contributed by atoms with Crippen LogP contribution in [0, 0.1) is 6.92 Å². The van der Waals surface area contributed by atoms with E-state index in [1.807, 2.05) is 0 Å². The van der Waals surface area contributed by atoms with Gasteiger partial charge in [-0.25, -0.2) is 13.4 Å². The Bertz CT molecular complexity index is 543. The number of hydrogen-bond donors (Lipinski definition) is 1. The zero-order valence-electron chi connectivity index (χ0n) is 8.12. The standard InChI is InChI=1S/C7H5ClF3NO4S/c1-3-5(17(8,14)15)4(13)2-12-6(3)16-7(9,10)11/h2,13H,1H3. The summed E-state index contributed by atoms with van der Waals surface area (Å²) in [5.74, 6) is -1.85. The molecule has 1 aromatic heterocycles. The maximum Gasteiger partial charge on any atom is 0.574 e. The number of aromatic hydroxyl groups is 1. The van der Waals surface area contributed by atoms with Crippen LogP contribution in [0.4, 0.5) is 13.2 Å². The minimum Gasteiger partial charge on any atom is -0.505 e. The number of ether oxygens (including phenoxy) is 1. The largest absolute Gasteiger partial charge is 0.574 e. The highest BCUT2D eigenvalue weighted by Gasteiger charge is 2.34. The van der Waals surface area contributed by atoms with Crippen molar-refractivity contribution < 1.29 is 31.4 Å². The molecule has 1 aromatic rings. The Morgan fingerprint density at radius 2 is 2.00 bits per heavy atom. The molecule has 0 saturated carbocycles. The maximum atomic E-state index is 11.9. The molecule has 0 unspecified atom stereocenters. The molecule has 0 aliphatic heterocycles. The van der Waals surface area contributed by atoms with E-state index in [1.165, 1.54) is 0 Å². The Kier molecular flexibility index (Phi) is 3.44. The van der Waals surface area contributed by atoms with Gasteiger partial charge in [0.1, 0.15) is 4.90 Å². The highest BCUT2D eigenvalue weighted by Crippen LogP contribution is 2.34. The Labute approximate surface area is 98.2 Å². The van der Waals surface area contributed by atoms with Crippen molar-refractivity contribution in [2.75, 3.05) is 0 Å². The van der Waals surface area contributed by atoms with Gasteiger partial charge in [-0.15, -0.1) is 13.2 Å². The van der Waals surface area contributed by atoms with E-state index in [-0.39, 0.29) is 0 Å². The van der Waals surface area contributed by atoms with Crippen molar-refractivity contribution in [2.45, 2.75) is 18.2 Å². The van der Waals surface area contributed by atoms with Gasteiger partial charge in [-0.2, -0.15) is 0 Å². The third-order valence-electron chi connectivity index (χ3n) is 1.65. The van der Waals surface area contributed by atoms with Gasteiger partial charge in [-0.3, -0.25) is 0 Å². The Balaban J connectivity index is 3.40. The fraction of sp³-hybridized carbons (Fsp3) is 0.286. The second kappa shape index (κ2) is 4.22. The van der Waals surface area contributed by atoms with Gasteiger partial charge in [0.25, 0.3) is 9.05 Å². The van der Waals surface area contributed by atoms with E-state index in [4.69, 9.17) is 10.7 Å². The lowest BCUT2D eigenvalue weighted by Crippen LogP contribution is -2.19. The van der Waals surface area contributed by atoms with Gasteiger partial charge in [0.15, 0.2) is 5.75 Å². The predicted molar refractivity (Wildman–Crippen MR) is 50.4 cm³/mol. The van der Waals surface area contributed by atoms with Gasteiger partial charge in [0, 0.05) is 16.2 Å². The number of pyridine rings is 1. The summed E-state index contributed by atoms with van der Waals surface area (Å²) in [5, 5.41) is 9.19. The SMILES string of the molecule is Cc1c(OC(F)(F)F)ncc(O)c1S(=O)(=O)Cl. The summed E-state index contributed by atoms with van der Waals surface area (Å²) in [6, 6.07) is 0. The molecule has 0 radical (unpaired) electrons. The summed E-state index contributed by atoms with van der Waals surface area (Å²) in [6.07, 6.45) is -4.52. The van der Waals surface area contributed by atoms with E-state index in [1.54, 1.807) is 0 Å².